The van der Waals surface area contributed by atoms with Crippen LogP contribution in [0.25, 0.3) is 0 Å². The van der Waals surface area contributed by atoms with Gasteiger partial charge in [0.2, 0.25) is 0 Å². The van der Waals surface area contributed by atoms with Crippen molar-refractivity contribution in [2.75, 3.05) is 12.4 Å². The number of amides is 1. The lowest BCUT2D eigenvalue weighted by Crippen LogP contribution is -2.09. The Labute approximate surface area is 99.2 Å². The highest BCUT2D eigenvalue weighted by molar-refractivity contribution is 7.96. The van der Waals surface area contributed by atoms with Crippen LogP contribution in [0.1, 0.15) is 0 Å². The molecule has 0 aliphatic rings. The van der Waals surface area contributed by atoms with Crippen molar-refractivity contribution < 1.29 is 9.53 Å². The van der Waals surface area contributed by atoms with Gasteiger partial charge in [-0.2, -0.15) is 0 Å². The Balaban J connectivity index is 0.000000423. The molecule has 0 saturated carbocycles. The van der Waals surface area contributed by atoms with E-state index < -0.39 is 5.24 Å². The van der Waals surface area contributed by atoms with Crippen molar-refractivity contribution in [2.24, 2.45) is 5.73 Å². The van der Waals surface area contributed by atoms with E-state index in [1.54, 1.807) is 0 Å². The minimum atomic E-state index is -0.639. The van der Waals surface area contributed by atoms with Crippen LogP contribution in [0.5, 0.6) is 0 Å². The van der Waals surface area contributed by atoms with E-state index in [0.29, 0.717) is 5.17 Å². The fourth-order valence-corrected chi connectivity index (χ4v) is 0.808. The first-order valence-corrected chi connectivity index (χ1v) is 4.80. The number of primary amides is 1. The summed E-state index contributed by atoms with van der Waals surface area (Å²) in [7, 11) is 1.54. The summed E-state index contributed by atoms with van der Waals surface area (Å²) in [6.07, 6.45) is 0. The molecule has 0 heterocycles. The Bertz CT molecular complexity index is 313. The second-order valence-corrected chi connectivity index (χ2v) is 3.13. The molecular formula is C9H12N2O2S2. The molecule has 82 valence electrons. The third-order valence-electron chi connectivity index (χ3n) is 1.21. The van der Waals surface area contributed by atoms with E-state index in [9.17, 15) is 0 Å². The van der Waals surface area contributed by atoms with Crippen molar-refractivity contribution in [3.8, 4) is 0 Å². The molecular weight excluding hydrogens is 232 g/mol. The topological polar surface area (TPSA) is 64.3 Å². The SMILES string of the molecule is COC(=S)Nc1ccccc1.NC(=O)S. The smallest absolute Gasteiger partial charge is 0.273 e. The molecule has 0 spiro atoms. The number of carbonyl (C=O) groups is 1. The number of anilines is 1. The second-order valence-electron chi connectivity index (χ2n) is 2.32. The summed E-state index contributed by atoms with van der Waals surface area (Å²) in [6.45, 7) is 0. The number of thiol groups is 1. The zero-order valence-corrected chi connectivity index (χ0v) is 9.85. The Morgan fingerprint density at radius 3 is 2.33 bits per heavy atom. The molecule has 0 aromatic heterocycles. The van der Waals surface area contributed by atoms with Gasteiger partial charge in [-0.25, -0.2) is 0 Å². The van der Waals surface area contributed by atoms with E-state index in [4.69, 9.17) is 21.7 Å². The summed E-state index contributed by atoms with van der Waals surface area (Å²) in [4.78, 5) is 9.09. The molecule has 1 rings (SSSR count). The highest BCUT2D eigenvalue weighted by Crippen LogP contribution is 2.04. The number of thiocarbonyl (C=S) groups is 1. The molecule has 4 nitrogen and oxygen atoms in total. The molecule has 1 amide bonds. The molecule has 0 atom stereocenters. The summed E-state index contributed by atoms with van der Waals surface area (Å²) >= 11 is 7.91. The van der Waals surface area contributed by atoms with Gasteiger partial charge in [0.1, 0.15) is 0 Å². The number of nitrogens with one attached hydrogen (secondary N) is 1. The number of methoxy groups -OCH3 is 1. The van der Waals surface area contributed by atoms with Crippen LogP contribution < -0.4 is 11.1 Å². The van der Waals surface area contributed by atoms with E-state index in [1.165, 1.54) is 7.11 Å². The fourth-order valence-electron chi connectivity index (χ4n) is 0.690. The lowest BCUT2D eigenvalue weighted by Gasteiger charge is -2.04. The summed E-state index contributed by atoms with van der Waals surface area (Å²) in [6, 6.07) is 9.65. The number of para-hydroxylation sites is 1. The van der Waals surface area contributed by atoms with Crippen molar-refractivity contribution in [1.82, 2.24) is 0 Å². The number of nitrogens with two attached hydrogens (primary N) is 1. The highest BCUT2D eigenvalue weighted by Gasteiger charge is 1.92. The monoisotopic (exact) mass is 244 g/mol. The quantitative estimate of drug-likeness (QED) is 0.522. The largest absolute Gasteiger partial charge is 0.474 e. The van der Waals surface area contributed by atoms with Crippen LogP contribution in [0.4, 0.5) is 10.5 Å². The molecule has 0 aliphatic heterocycles. The zero-order chi connectivity index (χ0) is 11.7. The first kappa shape index (κ1) is 13.7. The molecule has 0 fully saturated rings. The van der Waals surface area contributed by atoms with Gasteiger partial charge in [-0.05, 0) is 24.4 Å². The minimum Gasteiger partial charge on any atom is -0.474 e. The van der Waals surface area contributed by atoms with Gasteiger partial charge in [0.25, 0.3) is 10.4 Å². The Kier molecular flexibility index (Phi) is 7.39. The lowest BCUT2D eigenvalue weighted by atomic mass is 10.3. The Morgan fingerprint density at radius 2 is 1.93 bits per heavy atom. The van der Waals surface area contributed by atoms with Gasteiger partial charge < -0.3 is 15.8 Å². The second kappa shape index (κ2) is 8.07. The number of benzene rings is 1. The summed E-state index contributed by atoms with van der Waals surface area (Å²) in [5, 5.41) is 2.65. The van der Waals surface area contributed by atoms with Gasteiger partial charge in [-0.3, -0.25) is 4.79 Å². The van der Waals surface area contributed by atoms with Gasteiger partial charge in [0.05, 0.1) is 7.11 Å². The average Bonchev–Trinajstić information content (AvgIpc) is 2.18. The van der Waals surface area contributed by atoms with Crippen LogP contribution in [-0.4, -0.2) is 17.5 Å². The summed E-state index contributed by atoms with van der Waals surface area (Å²) in [5.74, 6) is 0. The zero-order valence-electron chi connectivity index (χ0n) is 8.14. The number of rotatable bonds is 1. The highest BCUT2D eigenvalue weighted by atomic mass is 32.1. The van der Waals surface area contributed by atoms with Crippen LogP contribution in [0.3, 0.4) is 0 Å². The molecule has 0 bridgehead atoms. The fraction of sp³-hybridized carbons (Fsp3) is 0.111. The first-order chi connectivity index (χ1) is 7.06. The summed E-state index contributed by atoms with van der Waals surface area (Å²) in [5.41, 5.74) is 5.28. The van der Waals surface area contributed by atoms with Crippen molar-refractivity contribution in [1.29, 1.82) is 0 Å². The van der Waals surface area contributed by atoms with Crippen molar-refractivity contribution >= 4 is 40.9 Å². The van der Waals surface area contributed by atoms with Gasteiger partial charge in [-0.15, -0.1) is 0 Å². The third kappa shape index (κ3) is 9.04. The molecule has 3 N–H and O–H groups in total. The molecule has 1 aromatic carbocycles. The minimum absolute atomic E-state index is 0.385. The molecule has 15 heavy (non-hydrogen) atoms. The Hall–Kier alpha value is -1.27. The van der Waals surface area contributed by atoms with E-state index in [0.717, 1.165) is 5.69 Å². The maximum atomic E-state index is 9.09. The number of hydrogen-bond acceptors (Lipinski definition) is 3. The predicted octanol–water partition coefficient (Wildman–Crippen LogP) is 2.02. The number of ether oxygens (including phenoxy) is 1. The van der Waals surface area contributed by atoms with Gasteiger partial charge in [0.15, 0.2) is 0 Å². The van der Waals surface area contributed by atoms with Crippen LogP contribution in [-0.2, 0) is 4.74 Å². The van der Waals surface area contributed by atoms with Crippen LogP contribution >= 0.6 is 24.8 Å². The van der Waals surface area contributed by atoms with Crippen molar-refractivity contribution in [3.63, 3.8) is 0 Å². The molecule has 0 saturated heterocycles. The average molecular weight is 244 g/mol. The van der Waals surface area contributed by atoms with Crippen LogP contribution in [0.2, 0.25) is 0 Å². The lowest BCUT2D eigenvalue weighted by molar-refractivity contribution is 0.267. The van der Waals surface area contributed by atoms with Gasteiger partial charge >= 0.3 is 0 Å². The standard InChI is InChI=1S/C8H9NOS.CH3NOS/c1-10-8(11)9-7-5-3-2-4-6-7;2-1(3)4/h2-6H,1H3,(H,9,11);(H3,2,3,4). The Morgan fingerprint density at radius 1 is 1.47 bits per heavy atom. The molecule has 1 aromatic rings. The van der Waals surface area contributed by atoms with E-state index in [-0.39, 0.29) is 0 Å². The maximum absolute atomic E-state index is 9.09. The molecule has 0 aliphatic carbocycles. The molecule has 0 radical (unpaired) electrons. The van der Waals surface area contributed by atoms with Crippen LogP contribution in [0.15, 0.2) is 30.3 Å². The molecule has 0 unspecified atom stereocenters. The third-order valence-corrected chi connectivity index (χ3v) is 1.47. The van der Waals surface area contributed by atoms with Gasteiger partial charge in [0, 0.05) is 5.69 Å². The normalized spacial score (nSPS) is 8.13. The van der Waals surface area contributed by atoms with Crippen LogP contribution in [0, 0.1) is 0 Å². The van der Waals surface area contributed by atoms with E-state index in [2.05, 4.69) is 23.7 Å². The predicted molar refractivity (Wildman–Crippen MR) is 68.2 cm³/mol. The first-order valence-electron chi connectivity index (χ1n) is 3.94. The van der Waals surface area contributed by atoms with Gasteiger partial charge in [-0.1, -0.05) is 30.8 Å². The number of carbonyl (C=O) groups excluding carboxylic acids is 1. The van der Waals surface area contributed by atoms with Crippen molar-refractivity contribution in [3.05, 3.63) is 30.3 Å². The van der Waals surface area contributed by atoms with E-state index in [1.807, 2.05) is 30.3 Å². The summed E-state index contributed by atoms with van der Waals surface area (Å²) < 4.78 is 4.77. The molecule has 6 heteroatoms. The maximum Gasteiger partial charge on any atom is 0.273 e. The van der Waals surface area contributed by atoms with Crippen molar-refractivity contribution in [2.45, 2.75) is 0 Å². The van der Waals surface area contributed by atoms with E-state index >= 15 is 0 Å². The number of hydrogen-bond donors (Lipinski definition) is 3.